The van der Waals surface area contributed by atoms with Gasteiger partial charge in [0.15, 0.2) is 0 Å². The third-order valence-corrected chi connectivity index (χ3v) is 7.69. The van der Waals surface area contributed by atoms with Crippen LogP contribution in [0.1, 0.15) is 50.9 Å². The molecule has 0 spiro atoms. The van der Waals surface area contributed by atoms with Crippen molar-refractivity contribution in [3.63, 3.8) is 0 Å². The van der Waals surface area contributed by atoms with E-state index in [1.165, 1.54) is 16.9 Å². The number of rotatable bonds is 11. The highest BCUT2D eigenvalue weighted by Crippen LogP contribution is 2.49. The van der Waals surface area contributed by atoms with Gasteiger partial charge in [0.1, 0.15) is 16.5 Å². The summed E-state index contributed by atoms with van der Waals surface area (Å²) in [6.45, 7) is 2.35. The van der Waals surface area contributed by atoms with Gasteiger partial charge in [0.05, 0.1) is 31.0 Å². The summed E-state index contributed by atoms with van der Waals surface area (Å²) >= 11 is 1.24. The van der Waals surface area contributed by atoms with Gasteiger partial charge in [0.25, 0.3) is 16.1 Å². The largest absolute Gasteiger partial charge is 0.495 e. The van der Waals surface area contributed by atoms with E-state index < -0.39 is 21.5 Å². The summed E-state index contributed by atoms with van der Waals surface area (Å²) in [5.41, 5.74) is 1.16. The van der Waals surface area contributed by atoms with Crippen molar-refractivity contribution in [1.82, 2.24) is 19.6 Å². The van der Waals surface area contributed by atoms with Crippen LogP contribution < -0.4 is 14.6 Å². The second-order valence-electron chi connectivity index (χ2n) is 8.97. The number of ether oxygens (including phenoxy) is 1. The molecule has 0 atom stereocenters. The second kappa shape index (κ2) is 11.0. The fourth-order valence-corrected chi connectivity index (χ4v) is 5.53. The third-order valence-electron chi connectivity index (χ3n) is 6.26. The van der Waals surface area contributed by atoms with Gasteiger partial charge in [-0.3, -0.25) is 14.6 Å². The number of amides is 2. The number of hydrogen-bond donors (Lipinski definition) is 2. The van der Waals surface area contributed by atoms with E-state index in [9.17, 15) is 18.0 Å². The normalized spacial score (nSPS) is 14.1. The molecule has 37 heavy (non-hydrogen) atoms. The molecule has 1 aliphatic rings. The molecule has 2 heterocycles. The van der Waals surface area contributed by atoms with E-state index in [1.54, 1.807) is 35.9 Å². The molecular formula is C25H29N5O5S2. The highest BCUT2D eigenvalue weighted by atomic mass is 32.2. The Morgan fingerprint density at radius 2 is 1.92 bits per heavy atom. The van der Waals surface area contributed by atoms with Crippen molar-refractivity contribution in [3.05, 3.63) is 75.5 Å². The van der Waals surface area contributed by atoms with Gasteiger partial charge in [-0.2, -0.15) is 8.42 Å². The van der Waals surface area contributed by atoms with Gasteiger partial charge in [-0.25, -0.2) is 14.8 Å². The molecule has 0 saturated heterocycles. The number of thiazole rings is 1. The maximum absolute atomic E-state index is 13.9. The highest BCUT2D eigenvalue weighted by molar-refractivity contribution is 7.87. The number of hydrogen-bond acceptors (Lipinski definition) is 8. The van der Waals surface area contributed by atoms with Crippen LogP contribution in [0.4, 0.5) is 0 Å². The van der Waals surface area contributed by atoms with E-state index in [4.69, 9.17) is 9.88 Å². The zero-order valence-electron chi connectivity index (χ0n) is 20.6. The Morgan fingerprint density at radius 1 is 1.19 bits per heavy atom. The van der Waals surface area contributed by atoms with Crippen LogP contribution in [-0.2, 0) is 33.4 Å². The predicted molar refractivity (Wildman–Crippen MR) is 139 cm³/mol. The first-order valence-corrected chi connectivity index (χ1v) is 14.1. The summed E-state index contributed by atoms with van der Waals surface area (Å²) in [7, 11) is -2.65. The lowest BCUT2D eigenvalue weighted by molar-refractivity contribution is -0.134. The number of carbonyl (C=O) groups is 2. The Bertz CT molecular complexity index is 1370. The number of pyridine rings is 1. The molecule has 4 rings (SSSR count). The Labute approximate surface area is 220 Å². The van der Waals surface area contributed by atoms with Crippen LogP contribution >= 0.6 is 11.3 Å². The van der Waals surface area contributed by atoms with Gasteiger partial charge in [0, 0.05) is 11.4 Å². The summed E-state index contributed by atoms with van der Waals surface area (Å²) in [6, 6.07) is 13.7. The molecule has 2 amide bonds. The van der Waals surface area contributed by atoms with Crippen molar-refractivity contribution >= 4 is 33.4 Å². The molecular weight excluding hydrogens is 514 g/mol. The molecule has 1 aromatic carbocycles. The molecule has 3 aromatic rings. The first-order valence-electron chi connectivity index (χ1n) is 11.8. The molecule has 0 aliphatic heterocycles. The molecule has 0 bridgehead atoms. The molecule has 196 valence electrons. The Hall–Kier alpha value is -3.35. The van der Waals surface area contributed by atoms with Crippen molar-refractivity contribution in [3.8, 4) is 5.75 Å². The average molecular weight is 544 g/mol. The number of nitrogens with one attached hydrogen (secondary N) is 1. The molecule has 1 saturated carbocycles. The number of methoxy groups -OCH3 is 1. The van der Waals surface area contributed by atoms with E-state index in [0.717, 1.165) is 12.8 Å². The number of carbonyl (C=O) groups excluding carboxylic acids is 2. The molecule has 1 fully saturated rings. The van der Waals surface area contributed by atoms with E-state index in [2.05, 4.69) is 22.1 Å². The van der Waals surface area contributed by atoms with Crippen molar-refractivity contribution in [2.75, 3.05) is 13.7 Å². The van der Waals surface area contributed by atoms with Crippen LogP contribution in [0.3, 0.4) is 0 Å². The third kappa shape index (κ3) is 6.51. The minimum absolute atomic E-state index is 0.0244. The van der Waals surface area contributed by atoms with Gasteiger partial charge in [0.2, 0.25) is 5.91 Å². The zero-order valence-corrected chi connectivity index (χ0v) is 22.3. The van der Waals surface area contributed by atoms with Crippen molar-refractivity contribution in [1.29, 1.82) is 0 Å². The number of aryl methyl sites for hydroxylation is 2. The Kier molecular flexibility index (Phi) is 7.90. The summed E-state index contributed by atoms with van der Waals surface area (Å²) < 4.78 is 29.5. The lowest BCUT2D eigenvalue weighted by atomic mass is 9.99. The van der Waals surface area contributed by atoms with Crippen molar-refractivity contribution < 1.29 is 22.7 Å². The summed E-state index contributed by atoms with van der Waals surface area (Å²) in [6.07, 6.45) is 4.55. The van der Waals surface area contributed by atoms with Gasteiger partial charge in [-0.15, -0.1) is 11.3 Å². The maximum atomic E-state index is 13.9. The fourth-order valence-electron chi connectivity index (χ4n) is 4.23. The van der Waals surface area contributed by atoms with E-state index in [-0.39, 0.29) is 18.1 Å². The maximum Gasteiger partial charge on any atom is 0.299 e. The van der Waals surface area contributed by atoms with Gasteiger partial charge >= 0.3 is 0 Å². The smallest absolute Gasteiger partial charge is 0.299 e. The highest BCUT2D eigenvalue weighted by Gasteiger charge is 2.54. The molecule has 0 radical (unpaired) electrons. The standard InChI is InChI=1S/C25H29N5O5S2/c1-17-22(23(31)29-37(26,33)34)28-21(36-17)16-30(14-6-9-18-7-4-3-5-8-18)24(32)25(12-13-25)20-11-10-19(35-2)15-27-20/h3-5,7-8,10-11,15H,6,9,12-14,16H2,1-2H3,(H,29,31)(H2,26,33,34). The molecule has 3 N–H and O–H groups in total. The quantitative estimate of drug-likeness (QED) is 0.378. The second-order valence-corrected chi connectivity index (χ2v) is 11.6. The average Bonchev–Trinajstić information content (AvgIpc) is 3.59. The summed E-state index contributed by atoms with van der Waals surface area (Å²) in [5, 5.41) is 5.46. The van der Waals surface area contributed by atoms with Crippen LogP contribution in [0.25, 0.3) is 0 Å². The van der Waals surface area contributed by atoms with E-state index >= 15 is 0 Å². The number of aromatic nitrogens is 2. The monoisotopic (exact) mass is 543 g/mol. The minimum Gasteiger partial charge on any atom is -0.495 e. The first-order chi connectivity index (χ1) is 17.6. The van der Waals surface area contributed by atoms with Crippen molar-refractivity contribution in [2.24, 2.45) is 5.14 Å². The molecule has 10 nitrogen and oxygen atoms in total. The van der Waals surface area contributed by atoms with Crippen LogP contribution in [0.5, 0.6) is 5.75 Å². The van der Waals surface area contributed by atoms with E-state index in [1.807, 2.05) is 24.3 Å². The lowest BCUT2D eigenvalue weighted by Crippen LogP contribution is -2.40. The summed E-state index contributed by atoms with van der Waals surface area (Å²) in [5.74, 6) is -0.317. The SMILES string of the molecule is COc1ccc(C2(C(=O)N(CCCc3ccccc3)Cc3nc(C(=O)NS(N)(=O)=O)c(C)s3)CC2)nc1. The Balaban J connectivity index is 1.55. The molecule has 0 unspecified atom stereocenters. The van der Waals surface area contributed by atoms with Gasteiger partial charge in [-0.1, -0.05) is 30.3 Å². The molecule has 2 aromatic heterocycles. The van der Waals surface area contributed by atoms with Crippen LogP contribution in [0.2, 0.25) is 0 Å². The topological polar surface area (TPSA) is 145 Å². The molecule has 12 heteroatoms. The number of nitrogens with zero attached hydrogens (tertiary/aromatic N) is 3. The minimum atomic E-state index is -4.22. The lowest BCUT2D eigenvalue weighted by Gasteiger charge is -2.27. The fraction of sp³-hybridized carbons (Fsp3) is 0.360. The van der Waals surface area contributed by atoms with Crippen molar-refractivity contribution in [2.45, 2.75) is 44.6 Å². The Morgan fingerprint density at radius 3 is 2.51 bits per heavy atom. The van der Waals surface area contributed by atoms with Gasteiger partial charge in [-0.05, 0) is 50.3 Å². The summed E-state index contributed by atoms with van der Waals surface area (Å²) in [4.78, 5) is 37.4. The number of benzene rings is 1. The first kappa shape index (κ1) is 26.7. The number of nitrogens with two attached hydrogens (primary N) is 1. The van der Waals surface area contributed by atoms with Crippen LogP contribution in [-0.4, -0.2) is 48.8 Å². The predicted octanol–water partition coefficient (Wildman–Crippen LogP) is 2.48. The van der Waals surface area contributed by atoms with Gasteiger partial charge < -0.3 is 9.64 Å². The van der Waals surface area contributed by atoms with Crippen LogP contribution in [0, 0.1) is 6.92 Å². The van der Waals surface area contributed by atoms with Crippen LogP contribution in [0.15, 0.2) is 48.7 Å². The van der Waals surface area contributed by atoms with E-state index in [0.29, 0.717) is 40.7 Å². The zero-order chi connectivity index (χ0) is 26.6. The molecule has 1 aliphatic carbocycles.